The molecule has 3 heteroatoms. The van der Waals surface area contributed by atoms with Gasteiger partial charge in [-0.3, -0.25) is 0 Å². The molecule has 1 saturated heterocycles. The van der Waals surface area contributed by atoms with E-state index in [1.54, 1.807) is 11.4 Å². The van der Waals surface area contributed by atoms with Gasteiger partial charge in [-0.25, -0.2) is 4.58 Å². The molecule has 0 radical (unpaired) electrons. The Morgan fingerprint density at radius 1 is 0.714 bits per heavy atom. The predicted octanol–water partition coefficient (Wildman–Crippen LogP) is 12.6. The molecule has 2 aliphatic heterocycles. The molecule has 4 saturated carbocycles. The smallest absolute Gasteiger partial charge is 0.182 e. The molecule has 0 amide bonds. The summed E-state index contributed by atoms with van der Waals surface area (Å²) < 4.78 is 2.90. The maximum absolute atomic E-state index is 7.42. The first-order valence-electron chi connectivity index (χ1n) is 21.6. The fourth-order valence-corrected chi connectivity index (χ4v) is 13.7. The number of likely N-dealkylation sites (tertiary alicyclic amines) is 1. The van der Waals surface area contributed by atoms with Gasteiger partial charge in [-0.15, -0.1) is 0 Å². The third kappa shape index (κ3) is 6.63. The van der Waals surface area contributed by atoms with E-state index >= 15 is 0 Å². The van der Waals surface area contributed by atoms with Crippen LogP contribution >= 0.6 is 11.6 Å². The lowest BCUT2D eigenvalue weighted by Gasteiger charge is -2.47. The lowest BCUT2D eigenvalue weighted by Crippen LogP contribution is -2.46. The van der Waals surface area contributed by atoms with E-state index in [1.165, 1.54) is 133 Å². The van der Waals surface area contributed by atoms with Gasteiger partial charge < -0.3 is 4.90 Å². The molecule has 5 aliphatic carbocycles. The zero-order valence-electron chi connectivity index (χ0n) is 32.5. The first kappa shape index (κ1) is 36.1. The van der Waals surface area contributed by atoms with Crippen molar-refractivity contribution >= 4 is 17.3 Å². The van der Waals surface area contributed by atoms with Crippen LogP contribution in [-0.4, -0.2) is 40.4 Å². The van der Waals surface area contributed by atoms with Gasteiger partial charge in [0.2, 0.25) is 0 Å². The van der Waals surface area contributed by atoms with Gasteiger partial charge in [0.1, 0.15) is 6.54 Å². The average Bonchev–Trinajstić information content (AvgIpc) is 3.46. The number of rotatable bonds is 9. The van der Waals surface area contributed by atoms with Gasteiger partial charge in [0.25, 0.3) is 0 Å². The topological polar surface area (TPSA) is 6.25 Å². The quantitative estimate of drug-likeness (QED) is 0.219. The molecular weight excluding hydrogens is 616 g/mol. The molecule has 0 aromatic rings. The minimum absolute atomic E-state index is 0.227. The van der Waals surface area contributed by atoms with Crippen molar-refractivity contribution in [1.82, 2.24) is 4.90 Å². The van der Waals surface area contributed by atoms with Crippen molar-refractivity contribution in [3.05, 3.63) is 46.2 Å². The second-order valence-corrected chi connectivity index (χ2v) is 19.3. The van der Waals surface area contributed by atoms with E-state index in [4.69, 9.17) is 11.6 Å². The highest BCUT2D eigenvalue weighted by Crippen LogP contribution is 2.60. The Hall–Kier alpha value is -1.28. The molecule has 7 aliphatic rings. The lowest BCUT2D eigenvalue weighted by molar-refractivity contribution is -0.569. The number of unbranched alkanes of at least 4 members (excludes halogenated alkanes) is 2. The van der Waals surface area contributed by atoms with Crippen LogP contribution < -0.4 is 0 Å². The normalized spacial score (nSPS) is 38.7. The minimum Gasteiger partial charge on any atom is -0.371 e. The van der Waals surface area contributed by atoms with E-state index < -0.39 is 0 Å². The molecular formula is C46H72ClN2+. The molecule has 0 aromatic heterocycles. The first-order chi connectivity index (χ1) is 23.7. The molecule has 5 fully saturated rings. The van der Waals surface area contributed by atoms with Gasteiger partial charge in [-0.2, -0.15) is 0 Å². The molecule has 2 heterocycles. The largest absolute Gasteiger partial charge is 0.371 e. The Bertz CT molecular complexity index is 1360. The Balaban J connectivity index is 1.18. The Morgan fingerprint density at radius 2 is 1.39 bits per heavy atom. The first-order valence-corrected chi connectivity index (χ1v) is 21.9. The molecule has 272 valence electrons. The molecule has 8 atom stereocenters. The summed E-state index contributed by atoms with van der Waals surface area (Å²) >= 11 is 7.42. The van der Waals surface area contributed by atoms with Gasteiger partial charge >= 0.3 is 0 Å². The lowest BCUT2D eigenvalue weighted by atomic mass is 9.57. The molecule has 2 nitrogen and oxygen atoms in total. The third-order valence-electron chi connectivity index (χ3n) is 15.6. The van der Waals surface area contributed by atoms with E-state index in [1.807, 2.05) is 0 Å². The molecule has 49 heavy (non-hydrogen) atoms. The van der Waals surface area contributed by atoms with Crippen LogP contribution in [0.1, 0.15) is 164 Å². The standard InChI is InChI=1S/C46H72ClN2/c1-7-9-30-48-38-26-22-32-16-11-13-20-36(32)42(38)45(3,4)40(48)28-24-34-18-15-19-35(44(34)47)25-29-41-46(5,6)43-37-21-14-12-17-33(37)23-27-39(43)49(41)31-10-8-2/h24-25,28-29,32-33,36-39,42-43H,7-23,26-27,30-31H2,1-6H3/q+1. The zero-order chi connectivity index (χ0) is 34.3. The van der Waals surface area contributed by atoms with E-state index in [0.29, 0.717) is 0 Å². The molecule has 7 rings (SSSR count). The van der Waals surface area contributed by atoms with Crippen LogP contribution in [0.4, 0.5) is 0 Å². The summed E-state index contributed by atoms with van der Waals surface area (Å²) in [6, 6.07) is 1.47. The van der Waals surface area contributed by atoms with Crippen molar-refractivity contribution in [3.8, 4) is 0 Å². The molecule has 0 N–H and O–H groups in total. The number of halogens is 1. The second kappa shape index (κ2) is 15.0. The summed E-state index contributed by atoms with van der Waals surface area (Å²) in [4.78, 5) is 2.90. The monoisotopic (exact) mass is 688 g/mol. The van der Waals surface area contributed by atoms with Crippen molar-refractivity contribution < 1.29 is 4.58 Å². The number of hydrogen-bond acceptors (Lipinski definition) is 1. The Morgan fingerprint density at radius 3 is 2.10 bits per heavy atom. The van der Waals surface area contributed by atoms with Crippen LogP contribution in [0.15, 0.2) is 46.2 Å². The fourth-order valence-electron chi connectivity index (χ4n) is 13.4. The van der Waals surface area contributed by atoms with Crippen LogP contribution in [-0.2, 0) is 0 Å². The van der Waals surface area contributed by atoms with Crippen LogP contribution in [0.2, 0.25) is 0 Å². The van der Waals surface area contributed by atoms with Crippen molar-refractivity contribution in [3.63, 3.8) is 0 Å². The van der Waals surface area contributed by atoms with Crippen molar-refractivity contribution in [2.24, 2.45) is 46.3 Å². The number of allylic oxidation sites excluding steroid dienone is 8. The number of nitrogens with zero attached hydrogens (tertiary/aromatic N) is 2. The molecule has 0 bridgehead atoms. The molecule has 0 spiro atoms. The van der Waals surface area contributed by atoms with E-state index in [0.717, 1.165) is 65.5 Å². The number of hydrogen-bond donors (Lipinski definition) is 0. The maximum Gasteiger partial charge on any atom is 0.182 e. The predicted molar refractivity (Wildman–Crippen MR) is 210 cm³/mol. The summed E-state index contributed by atoms with van der Waals surface area (Å²) in [5, 5.41) is 1.04. The minimum atomic E-state index is 0.227. The van der Waals surface area contributed by atoms with Crippen LogP contribution in [0.3, 0.4) is 0 Å². The van der Waals surface area contributed by atoms with Gasteiger partial charge in [-0.05, 0) is 118 Å². The van der Waals surface area contributed by atoms with Gasteiger partial charge in [0, 0.05) is 53.6 Å². The summed E-state index contributed by atoms with van der Waals surface area (Å²) in [6.07, 6.45) is 36.0. The second-order valence-electron chi connectivity index (χ2n) is 19.0. The summed E-state index contributed by atoms with van der Waals surface area (Å²) in [6.45, 7) is 17.6. The van der Waals surface area contributed by atoms with E-state index in [-0.39, 0.29) is 10.8 Å². The summed E-state index contributed by atoms with van der Waals surface area (Å²) in [7, 11) is 0. The summed E-state index contributed by atoms with van der Waals surface area (Å²) in [5.41, 5.74) is 6.41. The third-order valence-corrected chi connectivity index (χ3v) is 16.1. The average molecular weight is 689 g/mol. The molecule has 8 unspecified atom stereocenters. The van der Waals surface area contributed by atoms with Gasteiger partial charge in [-0.1, -0.05) is 103 Å². The fraction of sp³-hybridized carbons (Fsp3) is 0.804. The van der Waals surface area contributed by atoms with Crippen molar-refractivity contribution in [1.29, 1.82) is 0 Å². The molecule has 0 aromatic carbocycles. The van der Waals surface area contributed by atoms with Gasteiger partial charge in [0.05, 0.1) is 5.41 Å². The maximum atomic E-state index is 7.42. The number of fused-ring (bicyclic) bond motifs is 6. The highest BCUT2D eigenvalue weighted by molar-refractivity contribution is 6.32. The highest BCUT2D eigenvalue weighted by atomic mass is 35.5. The van der Waals surface area contributed by atoms with Crippen LogP contribution in [0.25, 0.3) is 0 Å². The van der Waals surface area contributed by atoms with E-state index in [2.05, 4.69) is 75.3 Å². The van der Waals surface area contributed by atoms with Crippen molar-refractivity contribution in [2.75, 3.05) is 13.1 Å². The summed E-state index contributed by atoms with van der Waals surface area (Å²) in [5.74, 6) is 5.39. The Labute approximate surface area is 307 Å². The SMILES string of the molecule is CCCCN1/C(=C/C=C2\CCCC(/C=C/C3=[N+](CCCC)C4CCC5CCCCC5C4C3(C)C)=C2Cl)C(C)(C)C2C3CCCCC3CCC21. The van der Waals surface area contributed by atoms with Gasteiger partial charge in [0.15, 0.2) is 11.8 Å². The van der Waals surface area contributed by atoms with Crippen LogP contribution in [0, 0.1) is 46.3 Å². The van der Waals surface area contributed by atoms with Crippen molar-refractivity contribution in [2.45, 2.75) is 176 Å². The highest BCUT2D eigenvalue weighted by Gasteiger charge is 2.60. The zero-order valence-corrected chi connectivity index (χ0v) is 33.3. The Kier molecular flexibility index (Phi) is 11.0. The van der Waals surface area contributed by atoms with Crippen LogP contribution in [0.5, 0.6) is 0 Å². The van der Waals surface area contributed by atoms with E-state index in [9.17, 15) is 0 Å².